The fourth-order valence-electron chi connectivity index (χ4n) is 4.66. The number of carbonyl (C=O) groups excluding carboxylic acids is 2. The first-order valence-corrected chi connectivity index (χ1v) is 13.7. The largest absolute Gasteiger partial charge is 0.593 e. The predicted molar refractivity (Wildman–Crippen MR) is 150 cm³/mol. The second kappa shape index (κ2) is 12.9. The van der Waals surface area contributed by atoms with Gasteiger partial charge in [0, 0.05) is 67.3 Å². The van der Waals surface area contributed by atoms with Crippen LogP contribution < -0.4 is 16.0 Å². The molecule has 0 radical (unpaired) electrons. The van der Waals surface area contributed by atoms with Gasteiger partial charge in [-0.1, -0.05) is 18.2 Å². The van der Waals surface area contributed by atoms with E-state index in [2.05, 4.69) is 16.0 Å². The lowest BCUT2D eigenvalue weighted by molar-refractivity contribution is -0.120. The van der Waals surface area contributed by atoms with Gasteiger partial charge in [-0.2, -0.15) is 0 Å². The molecule has 8 nitrogen and oxygen atoms in total. The summed E-state index contributed by atoms with van der Waals surface area (Å²) in [6, 6.07) is 16.8. The highest BCUT2D eigenvalue weighted by molar-refractivity contribution is 7.89. The lowest BCUT2D eigenvalue weighted by Gasteiger charge is -2.31. The van der Waals surface area contributed by atoms with Gasteiger partial charge in [0.15, 0.2) is 11.2 Å². The molecule has 1 aliphatic rings. The molecule has 3 aromatic rings. The van der Waals surface area contributed by atoms with Gasteiger partial charge < -0.3 is 25.2 Å². The van der Waals surface area contributed by atoms with Crippen molar-refractivity contribution >= 4 is 51.4 Å². The normalized spacial score (nSPS) is 16.8. The van der Waals surface area contributed by atoms with Gasteiger partial charge in [-0.3, -0.25) is 9.59 Å². The van der Waals surface area contributed by atoms with Gasteiger partial charge in [-0.15, -0.1) is 4.31 Å². The van der Waals surface area contributed by atoms with Crippen LogP contribution in [0.25, 0.3) is 10.8 Å². The SMILES string of the molecule is CNc1ccc([S+]([O-])N2CCCC(C(=O)Nc3ccc(NCCCOC)c4c(C=O)cccc34)C2)cc1. The summed E-state index contributed by atoms with van der Waals surface area (Å²) in [6.45, 7) is 2.45. The number of benzene rings is 3. The van der Waals surface area contributed by atoms with Crippen LogP contribution in [0.15, 0.2) is 59.5 Å². The van der Waals surface area contributed by atoms with Crippen molar-refractivity contribution in [2.45, 2.75) is 24.2 Å². The van der Waals surface area contributed by atoms with E-state index in [1.807, 2.05) is 59.9 Å². The van der Waals surface area contributed by atoms with E-state index < -0.39 is 11.4 Å². The van der Waals surface area contributed by atoms with Gasteiger partial charge in [-0.25, -0.2) is 0 Å². The van der Waals surface area contributed by atoms with Crippen molar-refractivity contribution in [3.8, 4) is 0 Å². The van der Waals surface area contributed by atoms with Gasteiger partial charge in [0.1, 0.15) is 0 Å². The van der Waals surface area contributed by atoms with E-state index in [0.29, 0.717) is 37.5 Å². The monoisotopic (exact) mass is 522 g/mol. The topological polar surface area (TPSA) is 106 Å². The molecule has 0 bridgehead atoms. The summed E-state index contributed by atoms with van der Waals surface area (Å²) in [7, 11) is 3.51. The summed E-state index contributed by atoms with van der Waals surface area (Å²) in [5, 5.41) is 11.1. The van der Waals surface area contributed by atoms with Crippen molar-refractivity contribution in [1.29, 1.82) is 0 Å². The van der Waals surface area contributed by atoms with Crippen molar-refractivity contribution in [2.24, 2.45) is 5.92 Å². The number of nitrogens with zero attached hydrogens (tertiary/aromatic N) is 1. The number of amides is 1. The van der Waals surface area contributed by atoms with Crippen LogP contribution in [-0.4, -0.2) is 61.4 Å². The van der Waals surface area contributed by atoms with Gasteiger partial charge in [0.25, 0.3) is 0 Å². The summed E-state index contributed by atoms with van der Waals surface area (Å²) in [5.74, 6) is -0.392. The molecule has 1 amide bonds. The fraction of sp³-hybridized carbons (Fsp3) is 0.357. The first kappa shape index (κ1) is 26.9. The average Bonchev–Trinajstić information content (AvgIpc) is 2.95. The highest BCUT2D eigenvalue weighted by Gasteiger charge is 2.33. The van der Waals surface area contributed by atoms with Gasteiger partial charge >= 0.3 is 0 Å². The molecule has 37 heavy (non-hydrogen) atoms. The van der Waals surface area contributed by atoms with E-state index in [-0.39, 0.29) is 11.8 Å². The Bertz CT molecular complexity index is 1220. The Hall–Kier alpha value is -3.11. The van der Waals surface area contributed by atoms with Crippen molar-refractivity contribution in [1.82, 2.24) is 4.31 Å². The van der Waals surface area contributed by atoms with Crippen molar-refractivity contribution in [3.05, 3.63) is 60.2 Å². The Morgan fingerprint density at radius 3 is 2.68 bits per heavy atom. The third-order valence-electron chi connectivity index (χ3n) is 6.63. The summed E-state index contributed by atoms with van der Waals surface area (Å²) in [4.78, 5) is 25.9. The molecule has 1 fully saturated rings. The summed E-state index contributed by atoms with van der Waals surface area (Å²) >= 11 is -1.33. The predicted octanol–water partition coefficient (Wildman–Crippen LogP) is 4.52. The minimum absolute atomic E-state index is 0.106. The molecule has 0 spiro atoms. The van der Waals surface area contributed by atoms with E-state index >= 15 is 0 Å². The Morgan fingerprint density at radius 2 is 1.95 bits per heavy atom. The summed E-state index contributed by atoms with van der Waals surface area (Å²) < 4.78 is 20.2. The van der Waals surface area contributed by atoms with E-state index in [9.17, 15) is 14.1 Å². The Kier molecular flexibility index (Phi) is 9.40. The molecule has 0 aliphatic carbocycles. The Labute approximate surface area is 221 Å². The molecule has 4 rings (SSSR count). The number of nitrogens with one attached hydrogen (secondary N) is 3. The maximum absolute atomic E-state index is 13.3. The van der Waals surface area contributed by atoms with Gasteiger partial charge in [0.05, 0.1) is 23.8 Å². The standard InChI is InChI=1S/C28H34N4O4S/c1-29-22-9-11-23(12-10-22)37(35)32-16-4-7-20(18-32)28(34)31-25-13-14-26(30-15-5-17-36-2)27-21(19-33)6-3-8-24(25)27/h3,6,8-14,19-20,29-30H,4-5,7,15-18H2,1-2H3,(H,31,34). The van der Waals surface area contributed by atoms with E-state index in [1.165, 1.54) is 0 Å². The molecule has 1 aliphatic heterocycles. The molecule has 0 saturated carbocycles. The molecule has 3 N–H and O–H groups in total. The van der Waals surface area contributed by atoms with E-state index in [4.69, 9.17) is 4.74 Å². The molecule has 196 valence electrons. The molecule has 1 saturated heterocycles. The van der Waals surface area contributed by atoms with Gasteiger partial charge in [0.2, 0.25) is 5.91 Å². The molecule has 1 heterocycles. The molecule has 2 unspecified atom stereocenters. The Balaban J connectivity index is 1.49. The molecule has 2 atom stereocenters. The zero-order chi connectivity index (χ0) is 26.2. The Morgan fingerprint density at radius 1 is 1.16 bits per heavy atom. The number of carbonyl (C=O) groups is 2. The molecule has 9 heteroatoms. The number of hydrogen-bond donors (Lipinski definition) is 3. The van der Waals surface area contributed by atoms with Crippen LogP contribution >= 0.6 is 0 Å². The van der Waals surface area contributed by atoms with Crippen LogP contribution in [0.1, 0.15) is 29.6 Å². The quantitative estimate of drug-likeness (QED) is 0.193. The number of fused-ring (bicyclic) bond motifs is 1. The van der Waals surface area contributed by atoms with Crippen LogP contribution in [0, 0.1) is 5.92 Å². The van der Waals surface area contributed by atoms with Crippen LogP contribution in [0.4, 0.5) is 17.1 Å². The number of ether oxygens (including phenoxy) is 1. The first-order chi connectivity index (χ1) is 18.0. The van der Waals surface area contributed by atoms with Crippen LogP contribution in [0.5, 0.6) is 0 Å². The fourth-order valence-corrected chi connectivity index (χ4v) is 5.94. The van der Waals surface area contributed by atoms with E-state index in [1.54, 1.807) is 13.2 Å². The maximum atomic E-state index is 13.3. The second-order valence-corrected chi connectivity index (χ2v) is 10.5. The minimum Gasteiger partial charge on any atom is -0.593 e. The third-order valence-corrected chi connectivity index (χ3v) is 8.11. The zero-order valence-electron chi connectivity index (χ0n) is 21.3. The molecule has 0 aromatic heterocycles. The van der Waals surface area contributed by atoms with E-state index in [0.717, 1.165) is 52.6 Å². The van der Waals surface area contributed by atoms with Crippen LogP contribution in [0.3, 0.4) is 0 Å². The number of methoxy groups -OCH3 is 1. The summed E-state index contributed by atoms with van der Waals surface area (Å²) in [5.41, 5.74) is 3.02. The van der Waals surface area contributed by atoms with Crippen LogP contribution in [-0.2, 0) is 20.9 Å². The van der Waals surface area contributed by atoms with Crippen LogP contribution in [0.2, 0.25) is 0 Å². The van der Waals surface area contributed by atoms with Gasteiger partial charge in [-0.05, 0) is 55.7 Å². The van der Waals surface area contributed by atoms with Crippen molar-refractivity contribution in [3.63, 3.8) is 0 Å². The highest BCUT2D eigenvalue weighted by Crippen LogP contribution is 2.33. The molecule has 3 aromatic carbocycles. The smallest absolute Gasteiger partial charge is 0.228 e. The summed E-state index contributed by atoms with van der Waals surface area (Å²) in [6.07, 6.45) is 3.19. The average molecular weight is 523 g/mol. The third kappa shape index (κ3) is 6.42. The molecular weight excluding hydrogens is 488 g/mol. The number of rotatable bonds is 11. The van der Waals surface area contributed by atoms with Crippen molar-refractivity contribution in [2.75, 3.05) is 56.3 Å². The first-order valence-electron chi connectivity index (χ1n) is 12.5. The lowest BCUT2D eigenvalue weighted by Crippen LogP contribution is -2.43. The molecular formula is C28H34N4O4S. The number of anilines is 3. The number of piperidine rings is 1. The zero-order valence-corrected chi connectivity index (χ0v) is 22.1. The maximum Gasteiger partial charge on any atom is 0.228 e. The number of hydrogen-bond acceptors (Lipinski definition) is 7. The minimum atomic E-state index is -1.33. The number of aldehydes is 1. The lowest BCUT2D eigenvalue weighted by atomic mass is 9.97. The highest BCUT2D eigenvalue weighted by atomic mass is 32.2. The second-order valence-electron chi connectivity index (χ2n) is 9.06. The van der Waals surface area contributed by atoms with Crippen molar-refractivity contribution < 1.29 is 18.9 Å².